The predicted molar refractivity (Wildman–Crippen MR) is 159 cm³/mol. The van der Waals surface area contributed by atoms with Gasteiger partial charge in [0, 0.05) is 37.1 Å². The molecule has 0 aliphatic heterocycles. The Bertz CT molecular complexity index is 2070. The van der Waals surface area contributed by atoms with Crippen LogP contribution < -0.4 is 14.2 Å². The van der Waals surface area contributed by atoms with Gasteiger partial charge in [0.15, 0.2) is 0 Å². The maximum atomic E-state index is 13.5. The number of nitro benzene ring substituents is 2. The number of hydrogen-bond donors (Lipinski definition) is 0. The molecule has 0 bridgehead atoms. The second-order valence-electron chi connectivity index (χ2n) is 10.1. The van der Waals surface area contributed by atoms with E-state index >= 15 is 0 Å². The summed E-state index contributed by atoms with van der Waals surface area (Å²) in [5.74, 6) is -5.42. The Balaban J connectivity index is 2.16. The molecule has 0 heterocycles. The van der Waals surface area contributed by atoms with Crippen molar-refractivity contribution >= 4 is 23.3 Å². The van der Waals surface area contributed by atoms with Gasteiger partial charge in [-0.25, -0.2) is 0 Å². The van der Waals surface area contributed by atoms with E-state index in [1.54, 1.807) is 0 Å². The molecule has 0 saturated heterocycles. The van der Waals surface area contributed by atoms with Gasteiger partial charge in [-0.2, -0.15) is 36.9 Å². The van der Waals surface area contributed by atoms with Gasteiger partial charge in [0.1, 0.15) is 11.5 Å². The largest absolute Gasteiger partial charge is 0.456 e. The van der Waals surface area contributed by atoms with Crippen LogP contribution in [0, 0.1) is 42.9 Å². The smallest absolute Gasteiger partial charge is 0.416 e. The number of nitriles is 2. The van der Waals surface area contributed by atoms with E-state index < -0.39 is 113 Å². The van der Waals surface area contributed by atoms with E-state index in [2.05, 4.69) is 0 Å². The van der Waals surface area contributed by atoms with Crippen LogP contribution in [0.15, 0.2) is 60.7 Å². The minimum Gasteiger partial charge on any atom is -0.456 e. The van der Waals surface area contributed by atoms with Gasteiger partial charge in [0.2, 0.25) is 11.5 Å². The summed E-state index contributed by atoms with van der Waals surface area (Å²) in [4.78, 5) is 46.2. The fourth-order valence-electron chi connectivity index (χ4n) is 4.75. The zero-order valence-electron chi connectivity index (χ0n) is 25.5. The van der Waals surface area contributed by atoms with Crippen molar-refractivity contribution < 1.29 is 60.0 Å². The van der Waals surface area contributed by atoms with Crippen molar-refractivity contribution in [3.8, 4) is 57.4 Å². The summed E-state index contributed by atoms with van der Waals surface area (Å²) in [6.45, 7) is 1.65. The molecule has 0 spiro atoms. The van der Waals surface area contributed by atoms with Gasteiger partial charge in [0.25, 0.3) is 0 Å². The predicted octanol–water partition coefficient (Wildman–Crippen LogP) is 8.26. The molecule has 0 atom stereocenters. The second-order valence-corrected chi connectivity index (χ2v) is 10.1. The van der Waals surface area contributed by atoms with Crippen molar-refractivity contribution in [1.82, 2.24) is 0 Å². The summed E-state index contributed by atoms with van der Waals surface area (Å²) in [6.07, 6.45) is -9.91. The highest BCUT2D eigenvalue weighted by atomic mass is 19.4. The lowest BCUT2D eigenvalue weighted by molar-refractivity contribution is -0.385. The molecule has 0 aliphatic carbocycles. The Labute approximate surface area is 280 Å². The average molecular weight is 714 g/mol. The topological polar surface area (TPSA) is 196 Å². The fourth-order valence-corrected chi connectivity index (χ4v) is 4.75. The Morgan fingerprint density at radius 3 is 1.27 bits per heavy atom. The first-order valence-corrected chi connectivity index (χ1v) is 13.7. The molecule has 4 rings (SSSR count). The molecule has 260 valence electrons. The van der Waals surface area contributed by atoms with E-state index in [4.69, 9.17) is 14.2 Å². The molecule has 0 unspecified atom stereocenters. The Kier molecular flexibility index (Phi) is 9.99. The first-order chi connectivity index (χ1) is 23.8. The van der Waals surface area contributed by atoms with Crippen LogP contribution in [-0.2, 0) is 21.9 Å². The van der Waals surface area contributed by atoms with Crippen molar-refractivity contribution in [2.75, 3.05) is 0 Å². The van der Waals surface area contributed by atoms with Crippen molar-refractivity contribution in [3.63, 3.8) is 0 Å². The quantitative estimate of drug-likeness (QED) is 0.0560. The van der Waals surface area contributed by atoms with Crippen molar-refractivity contribution in [2.45, 2.75) is 26.2 Å². The lowest BCUT2D eigenvalue weighted by Gasteiger charge is -2.20. The molecule has 0 radical (unpaired) electrons. The summed E-state index contributed by atoms with van der Waals surface area (Å²) in [5, 5.41) is 43.6. The molecule has 0 N–H and O–H groups in total. The molecule has 4 aromatic carbocycles. The van der Waals surface area contributed by atoms with Gasteiger partial charge in [-0.05, 0) is 36.4 Å². The molecule has 0 fully saturated rings. The number of halogens is 6. The molecular formula is C32H16F6N4O9. The number of nitro groups is 2. The number of hydrogen-bond acceptors (Lipinski definition) is 11. The van der Waals surface area contributed by atoms with E-state index in [0.29, 0.717) is 24.3 Å². The standard InChI is InChI=1S/C32H16F6N4O9/c1-15(43)49-29-23(41(45)46)7-9-25(27(29)21-5-3-19(31(33,34)35)11-17(21)13-39)51-26-10-8-24(42(47)48)30(50-16(2)44)28(26)22-6-4-20(32(36,37)38)12-18(22)14-40/h3-12H,1-2H3. The van der Waals surface area contributed by atoms with Crippen LogP contribution in [0.25, 0.3) is 22.3 Å². The van der Waals surface area contributed by atoms with Crippen LogP contribution in [0.2, 0.25) is 0 Å². The van der Waals surface area contributed by atoms with Crippen LogP contribution in [0.5, 0.6) is 23.0 Å². The third-order valence-electron chi connectivity index (χ3n) is 6.78. The second kappa shape index (κ2) is 13.8. The van der Waals surface area contributed by atoms with Gasteiger partial charge in [-0.1, -0.05) is 12.1 Å². The number of alkyl halides is 6. The van der Waals surface area contributed by atoms with E-state index in [1.807, 2.05) is 0 Å². The maximum Gasteiger partial charge on any atom is 0.416 e. The minimum atomic E-state index is -4.95. The van der Waals surface area contributed by atoms with Crippen LogP contribution >= 0.6 is 0 Å². The van der Waals surface area contributed by atoms with Crippen LogP contribution in [0.3, 0.4) is 0 Å². The van der Waals surface area contributed by atoms with Crippen LogP contribution in [0.1, 0.15) is 36.1 Å². The number of esters is 2. The highest BCUT2D eigenvalue weighted by Gasteiger charge is 2.36. The summed E-state index contributed by atoms with van der Waals surface area (Å²) < 4.78 is 97.4. The van der Waals surface area contributed by atoms with E-state index in [0.717, 1.165) is 50.2 Å². The van der Waals surface area contributed by atoms with Gasteiger partial charge in [0.05, 0.1) is 55.4 Å². The first-order valence-electron chi connectivity index (χ1n) is 13.7. The van der Waals surface area contributed by atoms with Crippen molar-refractivity contribution in [2.24, 2.45) is 0 Å². The molecule has 4 aromatic rings. The first kappa shape index (κ1) is 36.8. The molecule has 19 heteroatoms. The van der Waals surface area contributed by atoms with Crippen LogP contribution in [0.4, 0.5) is 37.7 Å². The van der Waals surface area contributed by atoms with Crippen molar-refractivity contribution in [3.05, 3.63) is 103 Å². The highest BCUT2D eigenvalue weighted by molar-refractivity contribution is 5.90. The molecule has 13 nitrogen and oxygen atoms in total. The Morgan fingerprint density at radius 2 is 1.00 bits per heavy atom. The van der Waals surface area contributed by atoms with E-state index in [-0.39, 0.29) is 0 Å². The number of rotatable bonds is 8. The Hall–Kier alpha value is -7.02. The normalized spacial score (nSPS) is 11.2. The zero-order valence-corrected chi connectivity index (χ0v) is 25.5. The number of carbonyl (C=O) groups is 2. The van der Waals surface area contributed by atoms with E-state index in [9.17, 15) is 66.7 Å². The van der Waals surface area contributed by atoms with Crippen LogP contribution in [-0.4, -0.2) is 21.8 Å². The van der Waals surface area contributed by atoms with Gasteiger partial charge in [-0.15, -0.1) is 0 Å². The average Bonchev–Trinajstić information content (AvgIpc) is 3.03. The lowest BCUT2D eigenvalue weighted by Crippen LogP contribution is -2.09. The monoisotopic (exact) mass is 714 g/mol. The molecule has 0 aliphatic rings. The van der Waals surface area contributed by atoms with Gasteiger partial charge < -0.3 is 14.2 Å². The minimum absolute atomic E-state index is 0.396. The molecular weight excluding hydrogens is 698 g/mol. The SMILES string of the molecule is CC(=O)Oc1c([N+](=O)[O-])ccc(Oc2ccc([N+](=O)[O-])c(OC(C)=O)c2-c2ccc(C(F)(F)F)cc2C#N)c1-c1ccc(C(F)(F)F)cc1C#N. The molecule has 0 saturated carbocycles. The number of ether oxygens (including phenoxy) is 3. The maximum absolute atomic E-state index is 13.5. The molecule has 51 heavy (non-hydrogen) atoms. The fraction of sp³-hybridized carbons (Fsp3) is 0.125. The summed E-state index contributed by atoms with van der Waals surface area (Å²) in [6, 6.07) is 9.49. The summed E-state index contributed by atoms with van der Waals surface area (Å²) in [7, 11) is 0. The summed E-state index contributed by atoms with van der Waals surface area (Å²) >= 11 is 0. The Morgan fingerprint density at radius 1 is 0.647 bits per heavy atom. The van der Waals surface area contributed by atoms with Gasteiger partial charge in [-0.3, -0.25) is 29.8 Å². The lowest BCUT2D eigenvalue weighted by atomic mass is 9.94. The summed E-state index contributed by atoms with van der Waals surface area (Å²) in [5.41, 5.74) is -8.30. The number of carbonyl (C=O) groups excluding carboxylic acids is 2. The third-order valence-corrected chi connectivity index (χ3v) is 6.78. The highest BCUT2D eigenvalue weighted by Crippen LogP contribution is 2.52. The van der Waals surface area contributed by atoms with Gasteiger partial charge >= 0.3 is 35.7 Å². The number of benzene rings is 4. The molecule has 0 aromatic heterocycles. The molecule has 0 amide bonds. The van der Waals surface area contributed by atoms with Crippen molar-refractivity contribution in [1.29, 1.82) is 10.5 Å². The number of nitrogens with zero attached hydrogens (tertiary/aromatic N) is 4. The third kappa shape index (κ3) is 7.67. The zero-order chi connectivity index (χ0) is 38.0. The van der Waals surface area contributed by atoms with E-state index in [1.165, 1.54) is 12.1 Å².